The number of Topliss-reactive ketones (excluding diaryl/α,β-unsaturated/α-hetero) is 1. The number of carbonyl (C=O) groups is 2. The molecule has 5 nitrogen and oxygen atoms in total. The number of carbonyl (C=O) groups excluding carboxylic acids is 2. The van der Waals surface area contributed by atoms with Crippen LogP contribution < -0.4 is 15.1 Å². The van der Waals surface area contributed by atoms with Crippen molar-refractivity contribution in [1.29, 1.82) is 0 Å². The van der Waals surface area contributed by atoms with Crippen molar-refractivity contribution in [3.05, 3.63) is 64.7 Å². The topological polar surface area (TPSA) is 53.9 Å². The Kier molecular flexibility index (Phi) is 6.70. The first-order chi connectivity index (χ1) is 13.8. The molecule has 2 N–H and O–H groups in total. The maximum Gasteiger partial charge on any atom is 0.275 e. The van der Waals surface area contributed by atoms with Crippen molar-refractivity contribution in [3.63, 3.8) is 0 Å². The molecule has 0 unspecified atom stereocenters. The van der Waals surface area contributed by atoms with E-state index in [9.17, 15) is 9.59 Å². The SMILES string of the molecule is CC(=O)c1ccc(N2CC[NH+](CC(=O)N[C@@H](C)c3ccc(C)c(C)c3)CC2)cc1. The molecule has 1 atom stereocenters. The average molecular weight is 395 g/mol. The van der Waals surface area contributed by atoms with Gasteiger partial charge in [0.25, 0.3) is 5.91 Å². The Balaban J connectivity index is 1.47. The van der Waals surface area contributed by atoms with Crippen LogP contribution in [0, 0.1) is 13.8 Å². The summed E-state index contributed by atoms with van der Waals surface area (Å²) in [5.74, 6) is 0.192. The predicted octanol–water partition coefficient (Wildman–Crippen LogP) is 2.09. The van der Waals surface area contributed by atoms with Gasteiger partial charge in [0.1, 0.15) is 0 Å². The van der Waals surface area contributed by atoms with Crippen LogP contribution in [0.15, 0.2) is 42.5 Å². The van der Waals surface area contributed by atoms with Crippen molar-refractivity contribution in [3.8, 4) is 0 Å². The zero-order chi connectivity index (χ0) is 21.0. The Hall–Kier alpha value is -2.66. The molecular weight excluding hydrogens is 362 g/mol. The molecule has 2 aromatic carbocycles. The molecule has 1 aliphatic rings. The highest BCUT2D eigenvalue weighted by Gasteiger charge is 2.23. The van der Waals surface area contributed by atoms with Crippen molar-refractivity contribution < 1.29 is 14.5 Å². The van der Waals surface area contributed by atoms with Gasteiger partial charge < -0.3 is 15.1 Å². The summed E-state index contributed by atoms with van der Waals surface area (Å²) < 4.78 is 0. The van der Waals surface area contributed by atoms with E-state index in [1.54, 1.807) is 6.92 Å². The second-order valence-electron chi connectivity index (χ2n) is 8.15. The fourth-order valence-electron chi connectivity index (χ4n) is 3.80. The van der Waals surface area contributed by atoms with Gasteiger partial charge in [0.15, 0.2) is 12.3 Å². The number of piperazine rings is 1. The third-order valence-corrected chi connectivity index (χ3v) is 5.93. The number of aryl methyl sites for hydroxylation is 2. The maximum absolute atomic E-state index is 12.5. The van der Waals surface area contributed by atoms with Gasteiger partial charge in [-0.2, -0.15) is 0 Å². The first kappa shape index (κ1) is 21.1. The summed E-state index contributed by atoms with van der Waals surface area (Å²) in [6, 6.07) is 14.2. The summed E-state index contributed by atoms with van der Waals surface area (Å²) >= 11 is 0. The van der Waals surface area contributed by atoms with Gasteiger partial charge in [0, 0.05) is 11.3 Å². The third-order valence-electron chi connectivity index (χ3n) is 5.93. The number of quaternary nitrogens is 1. The van der Waals surface area contributed by atoms with Crippen LogP contribution in [-0.2, 0) is 4.79 Å². The van der Waals surface area contributed by atoms with Gasteiger partial charge in [-0.15, -0.1) is 0 Å². The Morgan fingerprint density at radius 3 is 2.28 bits per heavy atom. The Labute approximate surface area is 173 Å². The van der Waals surface area contributed by atoms with Crippen LogP contribution in [0.4, 0.5) is 5.69 Å². The minimum atomic E-state index is 0.0160. The van der Waals surface area contributed by atoms with Crippen LogP contribution in [0.25, 0.3) is 0 Å². The molecule has 154 valence electrons. The maximum atomic E-state index is 12.5. The van der Waals surface area contributed by atoms with E-state index in [4.69, 9.17) is 0 Å². The smallest absolute Gasteiger partial charge is 0.275 e. The number of ketones is 1. The van der Waals surface area contributed by atoms with E-state index >= 15 is 0 Å². The molecule has 3 rings (SSSR count). The van der Waals surface area contributed by atoms with E-state index in [2.05, 4.69) is 42.3 Å². The van der Waals surface area contributed by atoms with Crippen molar-refractivity contribution in [2.45, 2.75) is 33.7 Å². The average Bonchev–Trinajstić information content (AvgIpc) is 2.70. The Morgan fingerprint density at radius 2 is 1.69 bits per heavy atom. The monoisotopic (exact) mass is 394 g/mol. The zero-order valence-corrected chi connectivity index (χ0v) is 17.9. The minimum Gasteiger partial charge on any atom is -0.360 e. The summed E-state index contributed by atoms with van der Waals surface area (Å²) in [6.45, 7) is 12.0. The van der Waals surface area contributed by atoms with E-state index in [-0.39, 0.29) is 17.7 Å². The van der Waals surface area contributed by atoms with E-state index in [0.29, 0.717) is 6.54 Å². The normalized spacial score (nSPS) is 15.8. The molecule has 0 radical (unpaired) electrons. The van der Waals surface area contributed by atoms with Crippen LogP contribution in [0.2, 0.25) is 0 Å². The molecule has 1 heterocycles. The number of hydrogen-bond donors (Lipinski definition) is 2. The molecular formula is C24H32N3O2+. The second kappa shape index (κ2) is 9.23. The van der Waals surface area contributed by atoms with Crippen LogP contribution >= 0.6 is 0 Å². The van der Waals surface area contributed by atoms with Gasteiger partial charge in [0.2, 0.25) is 0 Å². The highest BCUT2D eigenvalue weighted by atomic mass is 16.2. The lowest BCUT2D eigenvalue weighted by Crippen LogP contribution is -3.15. The van der Waals surface area contributed by atoms with Crippen molar-refractivity contribution in [2.75, 3.05) is 37.6 Å². The standard InChI is InChI=1S/C24H31N3O2/c1-17-5-6-22(15-18(17)2)19(3)25-24(29)16-26-11-13-27(14-12-26)23-9-7-21(8-10-23)20(4)28/h5-10,15,19H,11-14,16H2,1-4H3,(H,25,29)/p+1/t19-/m0/s1. The van der Waals surface area contributed by atoms with E-state index in [1.165, 1.54) is 16.0 Å². The van der Waals surface area contributed by atoms with Crippen molar-refractivity contribution >= 4 is 17.4 Å². The van der Waals surface area contributed by atoms with Crippen LogP contribution in [0.1, 0.15) is 46.9 Å². The predicted molar refractivity (Wildman–Crippen MR) is 117 cm³/mol. The molecule has 0 spiro atoms. The summed E-state index contributed by atoms with van der Waals surface area (Å²) in [5, 5.41) is 3.14. The lowest BCUT2D eigenvalue weighted by Gasteiger charge is -2.33. The largest absolute Gasteiger partial charge is 0.360 e. The number of nitrogens with zero attached hydrogens (tertiary/aromatic N) is 1. The quantitative estimate of drug-likeness (QED) is 0.738. The summed E-state index contributed by atoms with van der Waals surface area (Å²) in [4.78, 5) is 27.6. The number of nitrogens with one attached hydrogen (secondary N) is 2. The molecule has 2 aromatic rings. The molecule has 1 saturated heterocycles. The van der Waals surface area contributed by atoms with Gasteiger partial charge >= 0.3 is 0 Å². The molecule has 1 fully saturated rings. The van der Waals surface area contributed by atoms with Gasteiger partial charge in [-0.3, -0.25) is 9.59 Å². The highest BCUT2D eigenvalue weighted by Crippen LogP contribution is 2.17. The summed E-state index contributed by atoms with van der Waals surface area (Å²) in [7, 11) is 0. The van der Waals surface area contributed by atoms with Gasteiger partial charge in [0.05, 0.1) is 32.2 Å². The van der Waals surface area contributed by atoms with Crippen molar-refractivity contribution in [1.82, 2.24) is 5.32 Å². The first-order valence-electron chi connectivity index (χ1n) is 10.4. The number of amides is 1. The van der Waals surface area contributed by atoms with E-state index < -0.39 is 0 Å². The van der Waals surface area contributed by atoms with Crippen LogP contribution in [-0.4, -0.2) is 44.4 Å². The molecule has 1 amide bonds. The molecule has 0 saturated carbocycles. The number of anilines is 1. The molecule has 0 bridgehead atoms. The third kappa shape index (κ3) is 5.45. The zero-order valence-electron chi connectivity index (χ0n) is 17.9. The fraction of sp³-hybridized carbons (Fsp3) is 0.417. The molecule has 5 heteroatoms. The van der Waals surface area contributed by atoms with Gasteiger partial charge in [-0.1, -0.05) is 18.2 Å². The van der Waals surface area contributed by atoms with Crippen LogP contribution in [0.3, 0.4) is 0 Å². The molecule has 0 aromatic heterocycles. The molecule has 29 heavy (non-hydrogen) atoms. The van der Waals surface area contributed by atoms with Gasteiger partial charge in [-0.05, 0) is 68.7 Å². The summed E-state index contributed by atoms with van der Waals surface area (Å²) in [5.41, 5.74) is 5.55. The van der Waals surface area contributed by atoms with Gasteiger partial charge in [-0.25, -0.2) is 0 Å². The Morgan fingerprint density at radius 1 is 1.03 bits per heavy atom. The van der Waals surface area contributed by atoms with E-state index in [0.717, 1.165) is 43.0 Å². The van der Waals surface area contributed by atoms with Crippen molar-refractivity contribution in [2.24, 2.45) is 0 Å². The highest BCUT2D eigenvalue weighted by molar-refractivity contribution is 5.94. The lowest BCUT2D eigenvalue weighted by molar-refractivity contribution is -0.892. The number of hydrogen-bond acceptors (Lipinski definition) is 3. The number of benzene rings is 2. The lowest BCUT2D eigenvalue weighted by atomic mass is 10.0. The fourth-order valence-corrected chi connectivity index (χ4v) is 3.80. The number of rotatable bonds is 6. The van der Waals surface area contributed by atoms with E-state index in [1.807, 2.05) is 31.2 Å². The Bertz CT molecular complexity index is 868. The molecule has 0 aliphatic carbocycles. The second-order valence-corrected chi connectivity index (χ2v) is 8.15. The van der Waals surface area contributed by atoms with Crippen LogP contribution in [0.5, 0.6) is 0 Å². The molecule has 1 aliphatic heterocycles. The first-order valence-corrected chi connectivity index (χ1v) is 10.4. The summed E-state index contributed by atoms with van der Waals surface area (Å²) in [6.07, 6.45) is 0. The minimum absolute atomic E-state index is 0.0160.